The first-order valence-electron chi connectivity index (χ1n) is 8.36. The van der Waals surface area contributed by atoms with E-state index in [4.69, 9.17) is 27.9 Å². The van der Waals surface area contributed by atoms with Crippen LogP contribution in [0.1, 0.15) is 32.4 Å². The van der Waals surface area contributed by atoms with Crippen molar-refractivity contribution in [2.45, 2.75) is 6.10 Å². The summed E-state index contributed by atoms with van der Waals surface area (Å²) in [6, 6.07) is 17.8. The molecular weight excluding hydrogens is 417 g/mol. The molecule has 0 aliphatic heterocycles. The molecule has 0 N–H and O–H groups in total. The second-order valence-corrected chi connectivity index (χ2v) is 6.83. The molecule has 0 amide bonds. The minimum absolute atomic E-state index is 0.0452. The number of esters is 1. The second kappa shape index (κ2) is 8.86. The van der Waals surface area contributed by atoms with Gasteiger partial charge in [0.1, 0.15) is 0 Å². The summed E-state index contributed by atoms with van der Waals surface area (Å²) in [4.78, 5) is 36.0. The SMILES string of the molecule is O=C(O[C@H](C(=O)c1ccccc1)c1ccc([N+](=O)[O-])cc1)c1ccc(Cl)cc1Cl. The lowest BCUT2D eigenvalue weighted by molar-refractivity contribution is -0.384. The third-order valence-corrected chi connectivity index (χ3v) is 4.63. The lowest BCUT2D eigenvalue weighted by Crippen LogP contribution is -2.20. The molecule has 29 heavy (non-hydrogen) atoms. The number of hydrogen-bond donors (Lipinski definition) is 0. The van der Waals surface area contributed by atoms with Crippen LogP contribution in [0.5, 0.6) is 0 Å². The summed E-state index contributed by atoms with van der Waals surface area (Å²) in [5, 5.41) is 11.3. The Labute approximate surface area is 175 Å². The van der Waals surface area contributed by atoms with Crippen LogP contribution in [0, 0.1) is 10.1 Å². The fourth-order valence-electron chi connectivity index (χ4n) is 2.62. The molecule has 8 heteroatoms. The number of carbonyl (C=O) groups excluding carboxylic acids is 2. The quantitative estimate of drug-likeness (QED) is 0.217. The number of benzene rings is 3. The first-order valence-corrected chi connectivity index (χ1v) is 9.12. The molecule has 6 nitrogen and oxygen atoms in total. The maximum atomic E-state index is 13.0. The number of ether oxygens (including phenoxy) is 1. The van der Waals surface area contributed by atoms with Gasteiger partial charge in [0, 0.05) is 28.3 Å². The van der Waals surface area contributed by atoms with Gasteiger partial charge in [0.25, 0.3) is 5.69 Å². The van der Waals surface area contributed by atoms with E-state index in [2.05, 4.69) is 0 Å². The topological polar surface area (TPSA) is 86.5 Å². The molecule has 0 bridgehead atoms. The Bertz CT molecular complexity index is 1070. The molecule has 1 atom stereocenters. The van der Waals surface area contributed by atoms with Crippen LogP contribution in [0.15, 0.2) is 72.8 Å². The molecule has 0 spiro atoms. The van der Waals surface area contributed by atoms with E-state index in [1.807, 2.05) is 0 Å². The van der Waals surface area contributed by atoms with Crippen molar-refractivity contribution in [2.75, 3.05) is 0 Å². The van der Waals surface area contributed by atoms with Crippen molar-refractivity contribution in [3.8, 4) is 0 Å². The number of nitro groups is 1. The Kier molecular flexibility index (Phi) is 6.26. The zero-order valence-corrected chi connectivity index (χ0v) is 16.3. The fourth-order valence-corrected chi connectivity index (χ4v) is 3.11. The van der Waals surface area contributed by atoms with E-state index in [1.165, 1.54) is 42.5 Å². The maximum absolute atomic E-state index is 13.0. The number of ketones is 1. The highest BCUT2D eigenvalue weighted by Crippen LogP contribution is 2.28. The summed E-state index contributed by atoms with van der Waals surface area (Å²) >= 11 is 11.9. The van der Waals surface area contributed by atoms with Crippen molar-refractivity contribution in [2.24, 2.45) is 0 Å². The number of nitrogens with zero attached hydrogens (tertiary/aromatic N) is 1. The van der Waals surface area contributed by atoms with Crippen molar-refractivity contribution in [1.82, 2.24) is 0 Å². The van der Waals surface area contributed by atoms with Crippen LogP contribution in [-0.2, 0) is 4.74 Å². The first-order chi connectivity index (χ1) is 13.9. The van der Waals surface area contributed by atoms with Gasteiger partial charge in [-0.3, -0.25) is 14.9 Å². The highest BCUT2D eigenvalue weighted by atomic mass is 35.5. The molecule has 0 fully saturated rings. The fraction of sp³-hybridized carbons (Fsp3) is 0.0476. The number of nitro benzene ring substituents is 1. The smallest absolute Gasteiger partial charge is 0.340 e. The molecule has 0 saturated carbocycles. The number of carbonyl (C=O) groups is 2. The highest BCUT2D eigenvalue weighted by molar-refractivity contribution is 6.36. The van der Waals surface area contributed by atoms with Gasteiger partial charge >= 0.3 is 5.97 Å². The van der Waals surface area contributed by atoms with Crippen LogP contribution < -0.4 is 0 Å². The van der Waals surface area contributed by atoms with Gasteiger partial charge in [-0.15, -0.1) is 0 Å². The Morgan fingerprint density at radius 1 is 0.931 bits per heavy atom. The summed E-state index contributed by atoms with van der Waals surface area (Å²) < 4.78 is 5.47. The molecule has 0 unspecified atom stereocenters. The number of non-ortho nitro benzene ring substituents is 1. The van der Waals surface area contributed by atoms with E-state index in [1.54, 1.807) is 30.3 Å². The van der Waals surface area contributed by atoms with Gasteiger partial charge in [0.15, 0.2) is 6.10 Å². The van der Waals surface area contributed by atoms with Gasteiger partial charge in [-0.1, -0.05) is 53.5 Å². The van der Waals surface area contributed by atoms with E-state index in [-0.39, 0.29) is 16.3 Å². The van der Waals surface area contributed by atoms with Crippen LogP contribution >= 0.6 is 23.2 Å². The zero-order chi connectivity index (χ0) is 21.0. The van der Waals surface area contributed by atoms with E-state index in [0.717, 1.165) is 0 Å². The lowest BCUT2D eigenvalue weighted by atomic mass is 9.99. The Morgan fingerprint density at radius 2 is 1.59 bits per heavy atom. The Morgan fingerprint density at radius 3 is 2.17 bits per heavy atom. The minimum atomic E-state index is -1.31. The van der Waals surface area contributed by atoms with Gasteiger partial charge in [-0.2, -0.15) is 0 Å². The average Bonchev–Trinajstić information content (AvgIpc) is 2.72. The van der Waals surface area contributed by atoms with Gasteiger partial charge in [-0.05, 0) is 30.3 Å². The summed E-state index contributed by atoms with van der Waals surface area (Å²) in [5.74, 6) is -1.29. The summed E-state index contributed by atoms with van der Waals surface area (Å²) in [5.41, 5.74) is 0.518. The predicted molar refractivity (Wildman–Crippen MR) is 108 cm³/mol. The van der Waals surface area contributed by atoms with Crippen LogP contribution in [0.25, 0.3) is 0 Å². The van der Waals surface area contributed by atoms with Crippen LogP contribution in [-0.4, -0.2) is 16.7 Å². The molecule has 0 saturated heterocycles. The summed E-state index contributed by atoms with van der Waals surface area (Å²) in [6.07, 6.45) is -1.31. The largest absolute Gasteiger partial charge is 0.445 e. The highest BCUT2D eigenvalue weighted by Gasteiger charge is 2.28. The monoisotopic (exact) mass is 429 g/mol. The molecule has 0 radical (unpaired) electrons. The molecule has 3 rings (SSSR count). The van der Waals surface area contributed by atoms with Crippen LogP contribution in [0.2, 0.25) is 10.0 Å². The normalized spacial score (nSPS) is 11.5. The molecule has 0 heterocycles. The van der Waals surface area contributed by atoms with Gasteiger partial charge in [-0.25, -0.2) is 4.79 Å². The Balaban J connectivity index is 1.97. The van der Waals surface area contributed by atoms with E-state index in [9.17, 15) is 19.7 Å². The average molecular weight is 430 g/mol. The van der Waals surface area contributed by atoms with Gasteiger partial charge in [0.2, 0.25) is 5.78 Å². The molecule has 0 aliphatic rings. The van der Waals surface area contributed by atoms with Crippen LogP contribution in [0.4, 0.5) is 5.69 Å². The maximum Gasteiger partial charge on any atom is 0.340 e. The standard InChI is InChI=1S/C21H13Cl2NO5/c22-15-8-11-17(18(23)12-15)21(26)29-20(19(25)13-4-2-1-3-5-13)14-6-9-16(10-7-14)24(27)28/h1-12,20H/t20-/m0/s1. The number of rotatable bonds is 6. The van der Waals surface area contributed by atoms with Gasteiger partial charge < -0.3 is 4.74 Å². The number of hydrogen-bond acceptors (Lipinski definition) is 5. The minimum Gasteiger partial charge on any atom is -0.445 e. The Hall–Kier alpha value is -3.22. The van der Waals surface area contributed by atoms with Crippen molar-refractivity contribution < 1.29 is 19.2 Å². The number of Topliss-reactive ketones (excluding diaryl/α,β-unsaturated/α-hetero) is 1. The second-order valence-electron chi connectivity index (χ2n) is 5.99. The van der Waals surface area contributed by atoms with Crippen molar-refractivity contribution in [1.29, 1.82) is 0 Å². The molecule has 0 aliphatic carbocycles. The third kappa shape index (κ3) is 4.80. The van der Waals surface area contributed by atoms with Gasteiger partial charge in [0.05, 0.1) is 15.5 Å². The van der Waals surface area contributed by atoms with E-state index >= 15 is 0 Å². The van der Waals surface area contributed by atoms with Crippen molar-refractivity contribution in [3.05, 3.63) is 110 Å². The summed E-state index contributed by atoms with van der Waals surface area (Å²) in [6.45, 7) is 0. The molecule has 0 aromatic heterocycles. The molecule has 3 aromatic rings. The zero-order valence-electron chi connectivity index (χ0n) is 14.7. The van der Waals surface area contributed by atoms with Crippen molar-refractivity contribution >= 4 is 40.6 Å². The van der Waals surface area contributed by atoms with Crippen molar-refractivity contribution in [3.63, 3.8) is 0 Å². The van der Waals surface area contributed by atoms with Crippen LogP contribution in [0.3, 0.4) is 0 Å². The van der Waals surface area contributed by atoms with E-state index < -0.39 is 22.8 Å². The summed E-state index contributed by atoms with van der Waals surface area (Å²) in [7, 11) is 0. The third-order valence-electron chi connectivity index (χ3n) is 4.08. The predicted octanol–water partition coefficient (Wildman–Crippen LogP) is 5.68. The number of halogens is 2. The molecule has 3 aromatic carbocycles. The molecule has 146 valence electrons. The molecular formula is C21H13Cl2NO5. The lowest BCUT2D eigenvalue weighted by Gasteiger charge is -2.18. The first kappa shape index (κ1) is 20.5. The van der Waals surface area contributed by atoms with E-state index in [0.29, 0.717) is 16.1 Å².